The summed E-state index contributed by atoms with van der Waals surface area (Å²) < 4.78 is 8.80. The van der Waals surface area contributed by atoms with Gasteiger partial charge in [-0.25, -0.2) is 0 Å². The van der Waals surface area contributed by atoms with Crippen LogP contribution < -0.4 is 15.9 Å². The van der Waals surface area contributed by atoms with Gasteiger partial charge in [-0.1, -0.05) is 126 Å². The summed E-state index contributed by atoms with van der Waals surface area (Å²) in [4.78, 5) is 18.9. The van der Waals surface area contributed by atoms with Crippen molar-refractivity contribution in [3.63, 3.8) is 0 Å². The average Bonchev–Trinajstić information content (AvgIpc) is 3.84. The van der Waals surface area contributed by atoms with E-state index >= 15 is 0 Å². The van der Waals surface area contributed by atoms with Crippen molar-refractivity contribution in [2.75, 3.05) is 0 Å². The van der Waals surface area contributed by atoms with Crippen LogP contribution in [0.5, 0.6) is 5.75 Å². The Morgan fingerprint density at radius 2 is 1.49 bits per heavy atom. The molecule has 0 fully saturated rings. The number of aromatic nitrogens is 4. The zero-order valence-electron chi connectivity index (χ0n) is 37.6. The molecular formula is C54H55IrN5O2Si-2. The summed E-state index contributed by atoms with van der Waals surface area (Å²) in [7, 11) is -1.35. The molecule has 9 rings (SSSR count). The fourth-order valence-corrected chi connectivity index (χ4v) is 9.99. The second-order valence-corrected chi connectivity index (χ2v) is 23.2. The number of hydrogen-bond donors (Lipinski definition) is 1. The number of nitrogens with zero attached hydrogens (tertiary/aromatic N) is 4. The largest absolute Gasteiger partial charge is 0.500 e. The Hall–Kier alpha value is -5.70. The molecule has 63 heavy (non-hydrogen) atoms. The molecule has 0 aliphatic carbocycles. The van der Waals surface area contributed by atoms with Crippen LogP contribution in [0.25, 0.3) is 72.4 Å². The molecule has 7 nitrogen and oxygen atoms in total. The summed E-state index contributed by atoms with van der Waals surface area (Å²) in [6, 6.07) is 44.1. The van der Waals surface area contributed by atoms with E-state index in [1.165, 1.54) is 38.7 Å². The van der Waals surface area contributed by atoms with Crippen LogP contribution in [0.4, 0.5) is 0 Å². The third-order valence-corrected chi connectivity index (χ3v) is 13.5. The van der Waals surface area contributed by atoms with Gasteiger partial charge in [-0.2, -0.15) is 17.5 Å². The maximum absolute atomic E-state index is 6.48. The molecule has 0 unspecified atom stereocenters. The molecule has 9 aromatic rings. The number of hydrogen-bond acceptors (Lipinski definition) is 6. The van der Waals surface area contributed by atoms with Gasteiger partial charge >= 0.3 is 0 Å². The molecule has 5 aromatic carbocycles. The van der Waals surface area contributed by atoms with E-state index in [0.717, 1.165) is 56.5 Å². The van der Waals surface area contributed by atoms with Gasteiger partial charge < -0.3 is 18.8 Å². The van der Waals surface area contributed by atoms with Gasteiger partial charge in [-0.05, 0) is 106 Å². The summed E-state index contributed by atoms with van der Waals surface area (Å²) >= 11 is 0. The number of furan rings is 1. The van der Waals surface area contributed by atoms with E-state index in [2.05, 4.69) is 161 Å². The van der Waals surface area contributed by atoms with Crippen LogP contribution >= 0.6 is 0 Å². The van der Waals surface area contributed by atoms with E-state index in [4.69, 9.17) is 20.1 Å². The first-order valence-corrected chi connectivity index (χ1v) is 25.1. The molecule has 0 bridgehead atoms. The van der Waals surface area contributed by atoms with E-state index in [-0.39, 0.29) is 31.9 Å². The maximum Gasteiger partial charge on any atom is 0.150 e. The molecule has 0 saturated heterocycles. The van der Waals surface area contributed by atoms with Crippen molar-refractivity contribution < 1.29 is 29.4 Å². The summed E-state index contributed by atoms with van der Waals surface area (Å²) in [6.07, 6.45) is 6.70. The molecule has 1 radical (unpaired) electrons. The molecule has 0 amide bonds. The summed E-state index contributed by atoms with van der Waals surface area (Å²) in [5, 5.41) is 3.46. The summed E-state index contributed by atoms with van der Waals surface area (Å²) in [6.45, 7) is 20.7. The topological polar surface area (TPSA) is 92.0 Å². The predicted molar refractivity (Wildman–Crippen MR) is 259 cm³/mol. The van der Waals surface area contributed by atoms with Gasteiger partial charge in [0.1, 0.15) is 5.58 Å². The molecule has 0 spiro atoms. The normalized spacial score (nSPS) is 11.7. The Kier molecular flexibility index (Phi) is 13.6. The zero-order valence-corrected chi connectivity index (χ0v) is 41.0. The fourth-order valence-electron chi connectivity index (χ4n) is 8.40. The molecule has 4 heterocycles. The first-order valence-electron chi connectivity index (χ1n) is 21.6. The average molecular weight is 1030 g/mol. The number of para-hydroxylation sites is 2. The first kappa shape index (κ1) is 45.3. The van der Waals surface area contributed by atoms with E-state index in [9.17, 15) is 0 Å². The molecule has 0 atom stereocenters. The van der Waals surface area contributed by atoms with Crippen molar-refractivity contribution in [3.05, 3.63) is 157 Å². The number of nitrogens with two attached hydrogens (primary N) is 1. The smallest absolute Gasteiger partial charge is 0.150 e. The van der Waals surface area contributed by atoms with E-state index < -0.39 is 8.07 Å². The molecule has 0 aliphatic heterocycles. The minimum absolute atomic E-state index is 0. The Labute approximate surface area is 386 Å². The standard InChI is InChI=1S/C37H32N3O2.C17H23N2Si.Ir/c1-22(2)30-19-25(24-11-6-5-7-12-24)20-31(23(3)4)35(30)40-33-16-9-8-15-32(33)39-37(40)29-14-10-13-28-27-18-17-26(42-38)21-34(27)41-36(28)29;1-13(2)10-15-11-16(14-6-8-18-9-7-14)19-12-17(15)20(3,4)5;/h5-13,15-23H,38H2,1-4H3;6,8-9,11-13H,10H2,1-5H3;/q2*-1;. The van der Waals surface area contributed by atoms with Crippen LogP contribution in [0.1, 0.15) is 70.1 Å². The van der Waals surface area contributed by atoms with Crippen LogP contribution in [0, 0.1) is 18.1 Å². The number of imidazole rings is 1. The van der Waals surface area contributed by atoms with Crippen LogP contribution in [0.2, 0.25) is 19.6 Å². The van der Waals surface area contributed by atoms with Crippen LogP contribution in [0.3, 0.4) is 0 Å². The van der Waals surface area contributed by atoms with Gasteiger partial charge in [0.05, 0.1) is 30.5 Å². The van der Waals surface area contributed by atoms with E-state index in [0.29, 0.717) is 17.3 Å². The quantitative estimate of drug-likeness (QED) is 0.0833. The second-order valence-electron chi connectivity index (χ2n) is 18.1. The van der Waals surface area contributed by atoms with Crippen molar-refractivity contribution in [1.82, 2.24) is 19.5 Å². The van der Waals surface area contributed by atoms with E-state index in [1.54, 1.807) is 12.4 Å². The summed E-state index contributed by atoms with van der Waals surface area (Å²) in [5.74, 6) is 7.99. The molecular weight excluding hydrogens is 971 g/mol. The minimum Gasteiger partial charge on any atom is -0.500 e. The minimum atomic E-state index is -1.35. The first-order chi connectivity index (χ1) is 29.8. The second kappa shape index (κ2) is 19.0. The zero-order chi connectivity index (χ0) is 43.7. The van der Waals surface area contributed by atoms with Gasteiger partial charge in [-0.15, -0.1) is 24.3 Å². The molecule has 0 saturated carbocycles. The van der Waals surface area contributed by atoms with Gasteiger partial charge in [0, 0.05) is 43.4 Å². The van der Waals surface area contributed by atoms with Crippen LogP contribution in [-0.4, -0.2) is 27.6 Å². The van der Waals surface area contributed by atoms with Gasteiger partial charge in [-0.3, -0.25) is 9.97 Å². The predicted octanol–water partition coefficient (Wildman–Crippen LogP) is 13.2. The Morgan fingerprint density at radius 3 is 2.14 bits per heavy atom. The number of benzene rings is 5. The SMILES string of the molecule is CC(C)Cc1cc(-c2[c-]cncc2)ncc1[Si](C)(C)C.CC(C)c1cc(-c2ccccc2)cc(C(C)C)c1-n1c(-c2[c-]ccc3c2oc2cc(ON)ccc23)nc2ccccc21.[Ir]. The Morgan fingerprint density at radius 1 is 0.778 bits per heavy atom. The molecule has 9 heteroatoms. The third kappa shape index (κ3) is 9.34. The monoisotopic (exact) mass is 1030 g/mol. The van der Waals surface area contributed by atoms with Crippen molar-refractivity contribution in [3.8, 4) is 45.2 Å². The molecule has 323 valence electrons. The maximum atomic E-state index is 6.48. The number of pyridine rings is 2. The summed E-state index contributed by atoms with van der Waals surface area (Å²) in [5.41, 5.74) is 13.8. The molecule has 4 aromatic heterocycles. The fraction of sp³-hybridized carbons (Fsp3) is 0.241. The number of rotatable bonds is 10. The molecule has 2 N–H and O–H groups in total. The van der Waals surface area contributed by atoms with Crippen molar-refractivity contribution >= 4 is 46.2 Å². The Balaban J connectivity index is 0.000000239. The molecule has 0 aliphatic rings. The van der Waals surface area contributed by atoms with Gasteiger partial charge in [0.15, 0.2) is 5.75 Å². The van der Waals surface area contributed by atoms with Gasteiger partial charge in [0.25, 0.3) is 0 Å². The van der Waals surface area contributed by atoms with Crippen LogP contribution in [0.15, 0.2) is 132 Å². The van der Waals surface area contributed by atoms with Crippen molar-refractivity contribution in [2.45, 2.75) is 79.4 Å². The Bertz CT molecular complexity index is 2980. The van der Waals surface area contributed by atoms with Gasteiger partial charge in [0.2, 0.25) is 0 Å². The van der Waals surface area contributed by atoms with Crippen molar-refractivity contribution in [2.24, 2.45) is 11.8 Å². The van der Waals surface area contributed by atoms with Crippen LogP contribution in [-0.2, 0) is 26.5 Å². The van der Waals surface area contributed by atoms with E-state index in [1.807, 2.05) is 42.5 Å². The third-order valence-electron chi connectivity index (χ3n) is 11.4. The number of fused-ring (bicyclic) bond motifs is 4. The van der Waals surface area contributed by atoms with Crippen molar-refractivity contribution in [1.29, 1.82) is 0 Å².